The molecule has 2 aromatic heterocycles. The molecular weight excluding hydrogens is 324 g/mol. The van der Waals surface area contributed by atoms with Crippen molar-refractivity contribution in [2.45, 2.75) is 45.6 Å². The second-order valence-corrected chi connectivity index (χ2v) is 6.96. The number of carbonyl (C=O) groups excluding carboxylic acids is 1. The topological polar surface area (TPSA) is 68.2 Å². The summed E-state index contributed by atoms with van der Waals surface area (Å²) in [6, 6.07) is 2.11. The summed E-state index contributed by atoms with van der Waals surface area (Å²) in [6.07, 6.45) is 3.91. The Labute approximate surface area is 145 Å². The van der Waals surface area contributed by atoms with Crippen molar-refractivity contribution in [3.63, 3.8) is 0 Å². The van der Waals surface area contributed by atoms with Gasteiger partial charge in [-0.05, 0) is 25.8 Å². The number of thiazole rings is 1. The lowest BCUT2D eigenvalue weighted by molar-refractivity contribution is 0.0520. The Morgan fingerprint density at radius 3 is 3.04 bits per heavy atom. The summed E-state index contributed by atoms with van der Waals surface area (Å²) in [7, 11) is 0. The molecule has 0 spiro atoms. The van der Waals surface area contributed by atoms with Gasteiger partial charge in [0.15, 0.2) is 5.69 Å². The second-order valence-electron chi connectivity index (χ2n) is 6.07. The number of hydrogen-bond donors (Lipinski definition) is 0. The van der Waals surface area contributed by atoms with Crippen molar-refractivity contribution in [2.24, 2.45) is 0 Å². The van der Waals surface area contributed by atoms with E-state index in [1.165, 1.54) is 11.3 Å². The first-order valence-electron chi connectivity index (χ1n) is 8.32. The van der Waals surface area contributed by atoms with Gasteiger partial charge in [0.2, 0.25) is 0 Å². The van der Waals surface area contributed by atoms with Crippen molar-refractivity contribution in [1.29, 1.82) is 0 Å². The van der Waals surface area contributed by atoms with Crippen molar-refractivity contribution in [2.75, 3.05) is 18.1 Å². The molecule has 0 bridgehead atoms. The highest BCUT2D eigenvalue weighted by Gasteiger charge is 2.30. The molecule has 6 nitrogen and oxygen atoms in total. The number of anilines is 1. The molecule has 7 heteroatoms. The molecule has 0 N–H and O–H groups in total. The number of hydrogen-bond acceptors (Lipinski definition) is 7. The lowest BCUT2D eigenvalue weighted by Gasteiger charge is -2.24. The quantitative estimate of drug-likeness (QED) is 0.771. The zero-order chi connectivity index (χ0) is 17.1. The minimum absolute atomic E-state index is 0.160. The predicted octanol–water partition coefficient (Wildman–Crippen LogP) is 3.57. The SMILES string of the molecule is CCOC(=O)c1csc([C@H]2CCCN2c2ccnc(C(C)C)n2)n1. The first-order valence-corrected chi connectivity index (χ1v) is 9.20. The van der Waals surface area contributed by atoms with Gasteiger partial charge in [0.05, 0.1) is 12.6 Å². The van der Waals surface area contributed by atoms with Crippen LogP contribution in [0.4, 0.5) is 5.82 Å². The minimum Gasteiger partial charge on any atom is -0.461 e. The third-order valence-corrected chi connectivity index (χ3v) is 4.96. The molecule has 0 aliphatic carbocycles. The molecule has 0 unspecified atom stereocenters. The molecule has 1 saturated heterocycles. The van der Waals surface area contributed by atoms with Crippen LogP contribution >= 0.6 is 11.3 Å². The largest absolute Gasteiger partial charge is 0.461 e. The number of carbonyl (C=O) groups is 1. The van der Waals surface area contributed by atoms with Gasteiger partial charge in [0.1, 0.15) is 16.6 Å². The Balaban J connectivity index is 1.83. The van der Waals surface area contributed by atoms with Crippen LogP contribution in [0.15, 0.2) is 17.6 Å². The van der Waals surface area contributed by atoms with E-state index in [4.69, 9.17) is 9.72 Å². The van der Waals surface area contributed by atoms with Gasteiger partial charge in [0.25, 0.3) is 0 Å². The maximum absolute atomic E-state index is 11.8. The summed E-state index contributed by atoms with van der Waals surface area (Å²) in [5.41, 5.74) is 0.397. The lowest BCUT2D eigenvalue weighted by Crippen LogP contribution is -2.24. The lowest BCUT2D eigenvalue weighted by atomic mass is 10.2. The minimum atomic E-state index is -0.353. The first-order chi connectivity index (χ1) is 11.6. The van der Waals surface area contributed by atoms with E-state index in [9.17, 15) is 4.79 Å². The number of nitrogens with zero attached hydrogens (tertiary/aromatic N) is 4. The van der Waals surface area contributed by atoms with E-state index in [-0.39, 0.29) is 12.0 Å². The Morgan fingerprint density at radius 2 is 2.29 bits per heavy atom. The van der Waals surface area contributed by atoms with E-state index in [1.54, 1.807) is 12.3 Å². The summed E-state index contributed by atoms with van der Waals surface area (Å²) in [4.78, 5) is 27.6. The van der Waals surface area contributed by atoms with Gasteiger partial charge in [-0.15, -0.1) is 11.3 Å². The van der Waals surface area contributed by atoms with Gasteiger partial charge >= 0.3 is 5.97 Å². The Morgan fingerprint density at radius 1 is 1.46 bits per heavy atom. The molecular formula is C17H22N4O2S. The smallest absolute Gasteiger partial charge is 0.357 e. The molecule has 1 atom stereocenters. The summed E-state index contributed by atoms with van der Waals surface area (Å²) < 4.78 is 5.03. The van der Waals surface area contributed by atoms with Gasteiger partial charge in [-0.2, -0.15) is 0 Å². The third kappa shape index (κ3) is 3.40. The van der Waals surface area contributed by atoms with Gasteiger partial charge < -0.3 is 9.64 Å². The predicted molar refractivity (Wildman–Crippen MR) is 93.5 cm³/mol. The number of aromatic nitrogens is 3. The Bertz CT molecular complexity index is 716. The fourth-order valence-electron chi connectivity index (χ4n) is 2.84. The fourth-order valence-corrected chi connectivity index (χ4v) is 3.77. The van der Waals surface area contributed by atoms with Crippen LogP contribution in [0.5, 0.6) is 0 Å². The van der Waals surface area contributed by atoms with Crippen LogP contribution in [0.1, 0.15) is 66.9 Å². The van der Waals surface area contributed by atoms with Crippen molar-refractivity contribution < 1.29 is 9.53 Å². The van der Waals surface area contributed by atoms with Crippen LogP contribution in [0, 0.1) is 0 Å². The van der Waals surface area contributed by atoms with Crippen LogP contribution in [0.3, 0.4) is 0 Å². The molecule has 2 aromatic rings. The molecule has 0 amide bonds. The third-order valence-electron chi connectivity index (χ3n) is 4.01. The number of esters is 1. The summed E-state index contributed by atoms with van der Waals surface area (Å²) in [5.74, 6) is 1.73. The molecule has 0 aromatic carbocycles. The second kappa shape index (κ2) is 7.25. The molecule has 3 rings (SSSR count). The summed E-state index contributed by atoms with van der Waals surface area (Å²) in [6.45, 7) is 7.28. The summed E-state index contributed by atoms with van der Waals surface area (Å²) in [5, 5.41) is 2.73. The Hall–Kier alpha value is -2.02. The molecule has 3 heterocycles. The van der Waals surface area contributed by atoms with Crippen molar-refractivity contribution in [1.82, 2.24) is 15.0 Å². The number of rotatable bonds is 5. The number of ether oxygens (including phenoxy) is 1. The molecule has 1 fully saturated rings. The van der Waals surface area contributed by atoms with E-state index in [2.05, 4.69) is 28.7 Å². The molecule has 128 valence electrons. The van der Waals surface area contributed by atoms with E-state index in [0.717, 1.165) is 36.0 Å². The van der Waals surface area contributed by atoms with E-state index < -0.39 is 0 Å². The molecule has 1 aliphatic heterocycles. The van der Waals surface area contributed by atoms with Crippen LogP contribution in [-0.2, 0) is 4.74 Å². The van der Waals surface area contributed by atoms with Crippen LogP contribution < -0.4 is 4.90 Å². The zero-order valence-corrected chi connectivity index (χ0v) is 15.0. The highest BCUT2D eigenvalue weighted by Crippen LogP contribution is 2.36. The Kier molecular flexibility index (Phi) is 5.08. The van der Waals surface area contributed by atoms with Crippen molar-refractivity contribution in [3.05, 3.63) is 34.2 Å². The van der Waals surface area contributed by atoms with Gasteiger partial charge in [-0.1, -0.05) is 13.8 Å². The van der Waals surface area contributed by atoms with Crippen molar-refractivity contribution in [3.8, 4) is 0 Å². The van der Waals surface area contributed by atoms with Crippen LogP contribution in [0.2, 0.25) is 0 Å². The first kappa shape index (κ1) is 16.8. The fraction of sp³-hybridized carbons (Fsp3) is 0.529. The summed E-state index contributed by atoms with van der Waals surface area (Å²) >= 11 is 1.51. The zero-order valence-electron chi connectivity index (χ0n) is 14.2. The standard InChI is InChI=1S/C17H22N4O2S/c1-4-23-17(22)12-10-24-16(19-12)13-6-5-9-21(13)14-7-8-18-15(20-14)11(2)3/h7-8,10-11,13H,4-6,9H2,1-3H3/t13-/m1/s1. The molecule has 24 heavy (non-hydrogen) atoms. The normalized spacial score (nSPS) is 17.5. The highest BCUT2D eigenvalue weighted by atomic mass is 32.1. The maximum atomic E-state index is 11.8. The molecule has 0 radical (unpaired) electrons. The van der Waals surface area contributed by atoms with Gasteiger partial charge in [-0.3, -0.25) is 0 Å². The van der Waals surface area contributed by atoms with Crippen LogP contribution in [-0.4, -0.2) is 34.1 Å². The van der Waals surface area contributed by atoms with Crippen molar-refractivity contribution >= 4 is 23.1 Å². The van der Waals surface area contributed by atoms with E-state index in [0.29, 0.717) is 18.2 Å². The van der Waals surface area contributed by atoms with Gasteiger partial charge in [0, 0.05) is 24.0 Å². The maximum Gasteiger partial charge on any atom is 0.357 e. The monoisotopic (exact) mass is 346 g/mol. The van der Waals surface area contributed by atoms with E-state index in [1.807, 2.05) is 12.3 Å². The molecule has 1 aliphatic rings. The van der Waals surface area contributed by atoms with E-state index >= 15 is 0 Å². The average molecular weight is 346 g/mol. The highest BCUT2D eigenvalue weighted by molar-refractivity contribution is 7.10. The van der Waals surface area contributed by atoms with Crippen LogP contribution in [0.25, 0.3) is 0 Å². The van der Waals surface area contributed by atoms with Gasteiger partial charge in [-0.25, -0.2) is 19.7 Å². The average Bonchev–Trinajstić information content (AvgIpc) is 3.24. The molecule has 0 saturated carbocycles.